The highest BCUT2D eigenvalue weighted by atomic mass is 16.6. The van der Waals surface area contributed by atoms with Crippen molar-refractivity contribution in [1.82, 2.24) is 30.1 Å². The average molecular weight is 531 g/mol. The largest absolute Gasteiger partial charge is 0.497 e. The zero-order valence-corrected chi connectivity index (χ0v) is 21.7. The number of anilines is 1. The van der Waals surface area contributed by atoms with Crippen LogP contribution in [0.4, 0.5) is 11.4 Å². The molecule has 2 fully saturated rings. The first-order valence-electron chi connectivity index (χ1n) is 13.2. The first-order chi connectivity index (χ1) is 19.0. The molecule has 1 N–H and O–H groups in total. The van der Waals surface area contributed by atoms with Gasteiger partial charge in [0.2, 0.25) is 0 Å². The number of pyridine rings is 1. The van der Waals surface area contributed by atoms with Crippen LogP contribution in [0.2, 0.25) is 0 Å². The molecule has 1 saturated carbocycles. The van der Waals surface area contributed by atoms with Gasteiger partial charge in [-0.15, -0.1) is 5.10 Å². The van der Waals surface area contributed by atoms with Crippen LogP contribution in [0.3, 0.4) is 0 Å². The Morgan fingerprint density at radius 1 is 1.05 bits per heavy atom. The highest BCUT2D eigenvalue weighted by molar-refractivity contribution is 5.80. The number of fused-ring (bicyclic) bond motifs is 1. The van der Waals surface area contributed by atoms with Crippen LogP contribution in [0.5, 0.6) is 5.75 Å². The van der Waals surface area contributed by atoms with Crippen molar-refractivity contribution < 1.29 is 9.66 Å². The smallest absolute Gasteiger partial charge is 0.269 e. The Labute approximate surface area is 224 Å². The van der Waals surface area contributed by atoms with Crippen LogP contribution in [-0.2, 0) is 0 Å². The van der Waals surface area contributed by atoms with Crippen molar-refractivity contribution in [2.45, 2.75) is 37.8 Å². The lowest BCUT2D eigenvalue weighted by Gasteiger charge is -2.39. The van der Waals surface area contributed by atoms with E-state index in [0.717, 1.165) is 36.8 Å². The van der Waals surface area contributed by atoms with E-state index in [1.165, 1.54) is 12.1 Å². The van der Waals surface area contributed by atoms with Gasteiger partial charge in [0.15, 0.2) is 5.82 Å². The minimum absolute atomic E-state index is 0.0735. The molecule has 0 radical (unpaired) electrons. The number of methoxy groups -OCH3 is 1. The van der Waals surface area contributed by atoms with Crippen LogP contribution in [0.15, 0.2) is 53.3 Å². The fourth-order valence-corrected chi connectivity index (χ4v) is 5.84. The molecular formula is C27H30N8O4. The summed E-state index contributed by atoms with van der Waals surface area (Å²) < 4.78 is 7.26. The van der Waals surface area contributed by atoms with E-state index in [-0.39, 0.29) is 17.3 Å². The summed E-state index contributed by atoms with van der Waals surface area (Å²) in [5, 5.41) is 24.9. The SMILES string of the molecule is COc1ccc2cc([C@@H](c3nnnn3C3CCCC3)N3CCN(c4ccc([N+](=O)[O-])cc4)CC3)c(=O)[nH]c2c1. The molecule has 12 heteroatoms. The third kappa shape index (κ3) is 4.83. The summed E-state index contributed by atoms with van der Waals surface area (Å²) in [6.45, 7) is 2.72. The summed E-state index contributed by atoms with van der Waals surface area (Å²) >= 11 is 0. The van der Waals surface area contributed by atoms with E-state index >= 15 is 0 Å². The van der Waals surface area contributed by atoms with E-state index in [1.807, 2.05) is 28.9 Å². The van der Waals surface area contributed by atoms with E-state index in [2.05, 4.69) is 30.3 Å². The van der Waals surface area contributed by atoms with E-state index in [0.29, 0.717) is 48.8 Å². The summed E-state index contributed by atoms with van der Waals surface area (Å²) in [4.78, 5) is 31.7. The van der Waals surface area contributed by atoms with Gasteiger partial charge in [-0.25, -0.2) is 4.68 Å². The molecule has 2 aliphatic rings. The first-order valence-corrected chi connectivity index (χ1v) is 13.2. The number of nitro benzene ring substituents is 1. The maximum absolute atomic E-state index is 13.6. The van der Waals surface area contributed by atoms with Crippen molar-refractivity contribution in [2.75, 3.05) is 38.2 Å². The number of nitrogens with zero attached hydrogens (tertiary/aromatic N) is 7. The summed E-state index contributed by atoms with van der Waals surface area (Å²) in [5.41, 5.74) is 2.14. The van der Waals surface area contributed by atoms with Gasteiger partial charge < -0.3 is 14.6 Å². The Hall–Kier alpha value is -4.32. The predicted octanol–water partition coefficient (Wildman–Crippen LogP) is 3.46. The summed E-state index contributed by atoms with van der Waals surface area (Å²) in [7, 11) is 1.60. The molecule has 0 amide bonds. The number of H-pyrrole nitrogens is 1. The molecule has 39 heavy (non-hydrogen) atoms. The Kier molecular flexibility index (Phi) is 6.69. The Balaban J connectivity index is 1.35. The standard InChI is InChI=1S/C27H30N8O4/c1-39-22-11-6-18-16-23(27(36)28-24(18)17-22)25(26-29-30-31-34(26)20-4-2-3-5-20)33-14-12-32(13-15-33)19-7-9-21(10-8-19)35(37)38/h6-11,16-17,20,25H,2-5,12-15H2,1H3,(H,28,36)/t25-/m0/s1. The van der Waals surface area contributed by atoms with Gasteiger partial charge in [-0.05, 0) is 59.0 Å². The number of hydrogen-bond donors (Lipinski definition) is 1. The molecule has 1 atom stereocenters. The van der Waals surface area contributed by atoms with Crippen LogP contribution in [0, 0.1) is 10.1 Å². The topological polar surface area (TPSA) is 135 Å². The number of aromatic nitrogens is 5. The molecule has 1 aliphatic carbocycles. The molecule has 3 heterocycles. The molecule has 6 rings (SSSR count). The van der Waals surface area contributed by atoms with Crippen LogP contribution in [-0.4, -0.2) is 68.3 Å². The monoisotopic (exact) mass is 530 g/mol. The van der Waals surface area contributed by atoms with Gasteiger partial charge in [0.05, 0.1) is 23.6 Å². The first kappa shape index (κ1) is 25.0. The maximum Gasteiger partial charge on any atom is 0.269 e. The van der Waals surface area contributed by atoms with Gasteiger partial charge in [0.1, 0.15) is 11.8 Å². The molecule has 2 aromatic carbocycles. The van der Waals surface area contributed by atoms with Crippen molar-refractivity contribution in [1.29, 1.82) is 0 Å². The van der Waals surface area contributed by atoms with Crippen molar-refractivity contribution in [2.24, 2.45) is 0 Å². The molecule has 12 nitrogen and oxygen atoms in total. The molecular weight excluding hydrogens is 500 g/mol. The fourth-order valence-electron chi connectivity index (χ4n) is 5.84. The van der Waals surface area contributed by atoms with Crippen LogP contribution in [0.1, 0.15) is 49.2 Å². The molecule has 0 spiro atoms. The number of tetrazole rings is 1. The molecule has 2 aromatic heterocycles. The van der Waals surface area contributed by atoms with Crippen molar-refractivity contribution in [3.63, 3.8) is 0 Å². The summed E-state index contributed by atoms with van der Waals surface area (Å²) in [6, 6.07) is 14.0. The molecule has 1 aliphatic heterocycles. The number of hydrogen-bond acceptors (Lipinski definition) is 9. The van der Waals surface area contributed by atoms with Gasteiger partial charge in [-0.1, -0.05) is 12.8 Å². The second kappa shape index (κ2) is 10.4. The number of nitro groups is 1. The predicted molar refractivity (Wildman–Crippen MR) is 145 cm³/mol. The number of benzene rings is 2. The Morgan fingerprint density at radius 2 is 1.79 bits per heavy atom. The van der Waals surface area contributed by atoms with Gasteiger partial charge in [-0.2, -0.15) is 0 Å². The number of ether oxygens (including phenoxy) is 1. The van der Waals surface area contributed by atoms with Crippen LogP contribution < -0.4 is 15.2 Å². The van der Waals surface area contributed by atoms with Gasteiger partial charge in [0.25, 0.3) is 11.2 Å². The maximum atomic E-state index is 13.6. The lowest BCUT2D eigenvalue weighted by atomic mass is 10.0. The minimum atomic E-state index is -0.421. The zero-order chi connectivity index (χ0) is 26.9. The Bertz CT molecular complexity index is 1540. The average Bonchev–Trinajstić information content (AvgIpc) is 3.66. The van der Waals surface area contributed by atoms with Gasteiger partial charge >= 0.3 is 0 Å². The van der Waals surface area contributed by atoms with E-state index < -0.39 is 11.0 Å². The van der Waals surface area contributed by atoms with Crippen LogP contribution in [0.25, 0.3) is 10.9 Å². The van der Waals surface area contributed by atoms with Crippen molar-refractivity contribution in [3.05, 3.63) is 80.4 Å². The molecule has 202 valence electrons. The normalized spacial score (nSPS) is 17.5. The molecule has 1 saturated heterocycles. The number of rotatable bonds is 7. The number of aromatic amines is 1. The second-order valence-electron chi connectivity index (χ2n) is 10.1. The van der Waals surface area contributed by atoms with E-state index in [9.17, 15) is 14.9 Å². The van der Waals surface area contributed by atoms with Crippen molar-refractivity contribution in [3.8, 4) is 5.75 Å². The second-order valence-corrected chi connectivity index (χ2v) is 10.1. The number of piperazine rings is 1. The summed E-state index contributed by atoms with van der Waals surface area (Å²) in [5.74, 6) is 1.36. The molecule has 4 aromatic rings. The highest BCUT2D eigenvalue weighted by Gasteiger charge is 2.34. The quantitative estimate of drug-likeness (QED) is 0.281. The third-order valence-electron chi connectivity index (χ3n) is 7.91. The number of non-ortho nitro benzene ring substituents is 1. The molecule has 0 unspecified atom stereocenters. The third-order valence-corrected chi connectivity index (χ3v) is 7.91. The lowest BCUT2D eigenvalue weighted by Crippen LogP contribution is -2.49. The van der Waals surface area contributed by atoms with Crippen LogP contribution >= 0.6 is 0 Å². The zero-order valence-electron chi connectivity index (χ0n) is 21.7. The number of nitrogens with one attached hydrogen (secondary N) is 1. The minimum Gasteiger partial charge on any atom is -0.497 e. The van der Waals surface area contributed by atoms with Gasteiger partial charge in [-0.3, -0.25) is 19.8 Å². The van der Waals surface area contributed by atoms with E-state index in [1.54, 1.807) is 19.2 Å². The van der Waals surface area contributed by atoms with Crippen molar-refractivity contribution >= 4 is 22.3 Å². The van der Waals surface area contributed by atoms with Gasteiger partial charge in [0, 0.05) is 55.6 Å². The van der Waals surface area contributed by atoms with E-state index in [4.69, 9.17) is 4.74 Å². The highest BCUT2D eigenvalue weighted by Crippen LogP contribution is 2.35. The summed E-state index contributed by atoms with van der Waals surface area (Å²) in [6.07, 6.45) is 4.32. The Morgan fingerprint density at radius 3 is 2.49 bits per heavy atom. The fraction of sp³-hybridized carbons (Fsp3) is 0.407. The lowest BCUT2D eigenvalue weighted by molar-refractivity contribution is -0.384. The molecule has 0 bridgehead atoms.